The van der Waals surface area contributed by atoms with Gasteiger partial charge in [0, 0.05) is 18.3 Å². The molecule has 0 aliphatic heterocycles. The maximum absolute atomic E-state index is 9.81. The first kappa shape index (κ1) is 13.4. The van der Waals surface area contributed by atoms with E-state index >= 15 is 0 Å². The molecule has 0 bridgehead atoms. The van der Waals surface area contributed by atoms with Crippen molar-refractivity contribution in [3.63, 3.8) is 0 Å². The van der Waals surface area contributed by atoms with Crippen LogP contribution in [-0.4, -0.2) is 17.7 Å². The van der Waals surface area contributed by atoms with E-state index in [4.69, 9.17) is 0 Å². The molecule has 2 heteroatoms. The highest BCUT2D eigenvalue weighted by Crippen LogP contribution is 2.33. The first-order chi connectivity index (χ1) is 8.61. The third kappa shape index (κ3) is 3.26. The number of rotatable bonds is 6. The summed E-state index contributed by atoms with van der Waals surface area (Å²) < 4.78 is 0. The number of aliphatic hydroxyl groups excluding tert-OH is 1. The normalized spacial score (nSPS) is 16.9. The van der Waals surface area contributed by atoms with Crippen LogP contribution in [0.5, 0.6) is 0 Å². The summed E-state index contributed by atoms with van der Waals surface area (Å²) in [7, 11) is 0. The summed E-state index contributed by atoms with van der Waals surface area (Å²) in [5, 5.41) is 9.81. The Bertz CT molecular complexity index is 367. The van der Waals surface area contributed by atoms with Crippen molar-refractivity contribution in [1.82, 2.24) is 0 Å². The molecule has 0 aromatic heterocycles. The van der Waals surface area contributed by atoms with Crippen molar-refractivity contribution in [2.45, 2.75) is 52.2 Å². The molecule has 1 saturated carbocycles. The highest BCUT2D eigenvalue weighted by Gasteiger charge is 2.29. The molecule has 2 rings (SSSR count). The van der Waals surface area contributed by atoms with Crippen LogP contribution in [0.25, 0.3) is 0 Å². The van der Waals surface area contributed by atoms with E-state index in [1.54, 1.807) is 0 Å². The van der Waals surface area contributed by atoms with E-state index in [9.17, 15) is 5.11 Å². The molecule has 1 atom stereocenters. The Labute approximate surface area is 111 Å². The molecular formula is C16H25NO. The zero-order chi connectivity index (χ0) is 13.1. The number of anilines is 1. The van der Waals surface area contributed by atoms with Crippen molar-refractivity contribution in [1.29, 1.82) is 0 Å². The maximum atomic E-state index is 9.81. The SMILES string of the molecule is CC[C@H](O)c1ccc(N(CC(C)C)C2CC2)cc1. The van der Waals surface area contributed by atoms with Gasteiger partial charge in [-0.15, -0.1) is 0 Å². The predicted molar refractivity (Wildman–Crippen MR) is 76.9 cm³/mol. The van der Waals surface area contributed by atoms with Gasteiger partial charge in [0.05, 0.1) is 6.10 Å². The summed E-state index contributed by atoms with van der Waals surface area (Å²) in [5.74, 6) is 0.687. The third-order valence-electron chi connectivity index (χ3n) is 3.55. The lowest BCUT2D eigenvalue weighted by atomic mass is 10.1. The Kier molecular flexibility index (Phi) is 4.28. The molecule has 0 radical (unpaired) electrons. The summed E-state index contributed by atoms with van der Waals surface area (Å²) in [6.45, 7) is 7.67. The molecule has 1 aromatic rings. The van der Waals surface area contributed by atoms with Gasteiger partial charge in [-0.25, -0.2) is 0 Å². The molecule has 0 spiro atoms. The largest absolute Gasteiger partial charge is 0.388 e. The van der Waals surface area contributed by atoms with Gasteiger partial charge in [-0.3, -0.25) is 0 Å². The summed E-state index contributed by atoms with van der Waals surface area (Å²) in [4.78, 5) is 2.52. The number of aliphatic hydroxyl groups is 1. The molecule has 2 nitrogen and oxygen atoms in total. The van der Waals surface area contributed by atoms with Crippen LogP contribution in [0.1, 0.15) is 51.7 Å². The van der Waals surface area contributed by atoms with Crippen LogP contribution in [0, 0.1) is 5.92 Å². The van der Waals surface area contributed by atoms with Gasteiger partial charge in [0.25, 0.3) is 0 Å². The summed E-state index contributed by atoms with van der Waals surface area (Å²) in [6.07, 6.45) is 3.11. The van der Waals surface area contributed by atoms with Gasteiger partial charge in [-0.2, -0.15) is 0 Å². The first-order valence-electron chi connectivity index (χ1n) is 7.16. The average Bonchev–Trinajstić information content (AvgIpc) is 3.19. The van der Waals surface area contributed by atoms with Crippen LogP contribution in [0.4, 0.5) is 5.69 Å². The third-order valence-corrected chi connectivity index (χ3v) is 3.55. The molecule has 1 aromatic carbocycles. The van der Waals surface area contributed by atoms with Gasteiger partial charge >= 0.3 is 0 Å². The zero-order valence-electron chi connectivity index (χ0n) is 11.8. The second-order valence-corrected chi connectivity index (χ2v) is 5.79. The highest BCUT2D eigenvalue weighted by molar-refractivity contribution is 5.50. The van der Waals surface area contributed by atoms with Gasteiger partial charge in [-0.1, -0.05) is 32.9 Å². The summed E-state index contributed by atoms with van der Waals surface area (Å²) in [6, 6.07) is 9.21. The van der Waals surface area contributed by atoms with Crippen molar-refractivity contribution in [2.75, 3.05) is 11.4 Å². The first-order valence-corrected chi connectivity index (χ1v) is 7.16. The molecule has 0 unspecified atom stereocenters. The van der Waals surface area contributed by atoms with Crippen molar-refractivity contribution >= 4 is 5.69 Å². The van der Waals surface area contributed by atoms with Crippen LogP contribution in [0.3, 0.4) is 0 Å². The van der Waals surface area contributed by atoms with E-state index in [2.05, 4.69) is 43.0 Å². The molecule has 1 fully saturated rings. The fourth-order valence-corrected chi connectivity index (χ4v) is 2.37. The van der Waals surface area contributed by atoms with Crippen LogP contribution >= 0.6 is 0 Å². The minimum atomic E-state index is -0.321. The highest BCUT2D eigenvalue weighted by atomic mass is 16.3. The van der Waals surface area contributed by atoms with E-state index in [1.807, 2.05) is 6.92 Å². The molecule has 100 valence electrons. The quantitative estimate of drug-likeness (QED) is 0.827. The summed E-state index contributed by atoms with van der Waals surface area (Å²) in [5.41, 5.74) is 2.33. The van der Waals surface area contributed by atoms with Gasteiger partial charge in [0.2, 0.25) is 0 Å². The second kappa shape index (κ2) is 5.75. The minimum absolute atomic E-state index is 0.321. The van der Waals surface area contributed by atoms with Crippen molar-refractivity contribution in [2.24, 2.45) is 5.92 Å². The fourth-order valence-electron chi connectivity index (χ4n) is 2.37. The van der Waals surface area contributed by atoms with E-state index in [-0.39, 0.29) is 6.10 Å². The van der Waals surface area contributed by atoms with Gasteiger partial charge < -0.3 is 10.0 Å². The molecule has 1 aliphatic carbocycles. The van der Waals surface area contributed by atoms with Gasteiger partial charge in [0.15, 0.2) is 0 Å². The second-order valence-electron chi connectivity index (χ2n) is 5.79. The molecule has 0 saturated heterocycles. The lowest BCUT2D eigenvalue weighted by molar-refractivity contribution is 0.173. The Morgan fingerprint density at radius 3 is 2.28 bits per heavy atom. The molecule has 0 heterocycles. The predicted octanol–water partition coefficient (Wildman–Crippen LogP) is 3.75. The monoisotopic (exact) mass is 247 g/mol. The maximum Gasteiger partial charge on any atom is 0.0787 e. The Hall–Kier alpha value is -1.02. The number of nitrogens with zero attached hydrogens (tertiary/aromatic N) is 1. The number of hydrogen-bond acceptors (Lipinski definition) is 2. The number of benzene rings is 1. The Morgan fingerprint density at radius 2 is 1.83 bits per heavy atom. The molecular weight excluding hydrogens is 222 g/mol. The molecule has 1 N–H and O–H groups in total. The average molecular weight is 247 g/mol. The van der Waals surface area contributed by atoms with E-state index < -0.39 is 0 Å². The lowest BCUT2D eigenvalue weighted by Crippen LogP contribution is -2.29. The van der Waals surface area contributed by atoms with Crippen LogP contribution in [0.15, 0.2) is 24.3 Å². The zero-order valence-corrected chi connectivity index (χ0v) is 11.8. The van der Waals surface area contributed by atoms with Crippen LogP contribution in [-0.2, 0) is 0 Å². The van der Waals surface area contributed by atoms with Crippen molar-refractivity contribution in [3.05, 3.63) is 29.8 Å². The molecule has 0 amide bonds. The smallest absolute Gasteiger partial charge is 0.0787 e. The minimum Gasteiger partial charge on any atom is -0.388 e. The van der Waals surface area contributed by atoms with Gasteiger partial charge in [0.1, 0.15) is 0 Å². The Balaban J connectivity index is 2.10. The fraction of sp³-hybridized carbons (Fsp3) is 0.625. The molecule has 1 aliphatic rings. The lowest BCUT2D eigenvalue weighted by Gasteiger charge is -2.27. The van der Waals surface area contributed by atoms with E-state index in [1.165, 1.54) is 18.5 Å². The molecule has 18 heavy (non-hydrogen) atoms. The van der Waals surface area contributed by atoms with Crippen LogP contribution < -0.4 is 4.90 Å². The van der Waals surface area contributed by atoms with Crippen molar-refractivity contribution < 1.29 is 5.11 Å². The summed E-state index contributed by atoms with van der Waals surface area (Å²) >= 11 is 0. The van der Waals surface area contributed by atoms with E-state index in [0.717, 1.165) is 24.6 Å². The number of hydrogen-bond donors (Lipinski definition) is 1. The topological polar surface area (TPSA) is 23.5 Å². The van der Waals surface area contributed by atoms with Crippen LogP contribution in [0.2, 0.25) is 0 Å². The van der Waals surface area contributed by atoms with E-state index in [0.29, 0.717) is 5.92 Å². The standard InChI is InChI=1S/C16H25NO/c1-4-16(18)13-5-7-14(8-6-13)17(11-12(2)3)15-9-10-15/h5-8,12,15-16,18H,4,9-11H2,1-3H3/t16-/m0/s1. The van der Waals surface area contributed by atoms with Gasteiger partial charge in [-0.05, 0) is 42.9 Å². The Morgan fingerprint density at radius 1 is 1.22 bits per heavy atom. The van der Waals surface area contributed by atoms with Crippen molar-refractivity contribution in [3.8, 4) is 0 Å².